The summed E-state index contributed by atoms with van der Waals surface area (Å²) in [6.45, 7) is -0.317. The molecule has 0 atom stereocenters. The second-order valence-corrected chi connectivity index (χ2v) is 7.41. The number of hydrogen-bond acceptors (Lipinski definition) is 3. The van der Waals surface area contributed by atoms with E-state index in [9.17, 15) is 18.0 Å². The Morgan fingerprint density at radius 3 is 2.47 bits per heavy atom. The molecule has 1 N–H and O–H groups in total. The molecular formula is C22H17F3N4O. The van der Waals surface area contributed by atoms with Gasteiger partial charge >= 0.3 is 6.18 Å². The summed E-state index contributed by atoms with van der Waals surface area (Å²) in [4.78, 5) is 16.8. The maximum atomic E-state index is 14.0. The van der Waals surface area contributed by atoms with E-state index >= 15 is 0 Å². The zero-order chi connectivity index (χ0) is 20.9. The Kier molecular flexibility index (Phi) is 4.23. The van der Waals surface area contributed by atoms with Gasteiger partial charge in [-0.3, -0.25) is 4.79 Å². The van der Waals surface area contributed by atoms with E-state index in [0.29, 0.717) is 22.0 Å². The molecule has 1 aliphatic rings. The predicted octanol–water partition coefficient (Wildman–Crippen LogP) is 4.55. The van der Waals surface area contributed by atoms with Crippen molar-refractivity contribution in [2.45, 2.75) is 31.6 Å². The lowest BCUT2D eigenvalue weighted by atomic mass is 9.97. The number of carbonyl (C=O) groups is 1. The molecule has 30 heavy (non-hydrogen) atoms. The van der Waals surface area contributed by atoms with Gasteiger partial charge < -0.3 is 5.32 Å². The molecule has 2 aromatic carbocycles. The first-order chi connectivity index (χ1) is 14.4. The molecule has 0 radical (unpaired) electrons. The number of nitrogens with one attached hydrogen (secondary N) is 1. The average molecular weight is 410 g/mol. The third kappa shape index (κ3) is 3.28. The second-order valence-electron chi connectivity index (χ2n) is 7.41. The maximum absolute atomic E-state index is 14.0. The van der Waals surface area contributed by atoms with E-state index in [-0.39, 0.29) is 29.5 Å². The molecule has 0 saturated heterocycles. The van der Waals surface area contributed by atoms with Crippen molar-refractivity contribution < 1.29 is 18.0 Å². The summed E-state index contributed by atoms with van der Waals surface area (Å²) in [5, 5.41) is 7.11. The Morgan fingerprint density at radius 1 is 1.07 bits per heavy atom. The number of para-hydroxylation sites is 1. The third-order valence-electron chi connectivity index (χ3n) is 5.14. The average Bonchev–Trinajstić information content (AvgIpc) is 3.46. The summed E-state index contributed by atoms with van der Waals surface area (Å²) in [6, 6.07) is 16.0. The lowest BCUT2D eigenvalue weighted by molar-refractivity contribution is -0.140. The molecule has 152 valence electrons. The van der Waals surface area contributed by atoms with Crippen LogP contribution in [0.3, 0.4) is 0 Å². The molecule has 1 aliphatic carbocycles. The van der Waals surface area contributed by atoms with Crippen LogP contribution in [0.15, 0.2) is 54.6 Å². The number of pyridine rings is 1. The van der Waals surface area contributed by atoms with Gasteiger partial charge in [0.05, 0.1) is 10.9 Å². The lowest BCUT2D eigenvalue weighted by Crippen LogP contribution is -2.29. The Balaban J connectivity index is 1.81. The zero-order valence-corrected chi connectivity index (χ0v) is 15.8. The number of rotatable bonds is 4. The van der Waals surface area contributed by atoms with Crippen LogP contribution in [-0.2, 0) is 17.5 Å². The first-order valence-electron chi connectivity index (χ1n) is 9.63. The molecule has 1 amide bonds. The minimum atomic E-state index is -4.69. The predicted molar refractivity (Wildman–Crippen MR) is 107 cm³/mol. The molecule has 1 saturated carbocycles. The summed E-state index contributed by atoms with van der Waals surface area (Å²) in [6.07, 6.45) is -2.91. The number of fused-ring (bicyclic) bond motifs is 2. The highest BCUT2D eigenvalue weighted by Crippen LogP contribution is 2.41. The van der Waals surface area contributed by atoms with Crippen molar-refractivity contribution in [3.8, 4) is 11.1 Å². The minimum absolute atomic E-state index is 0.0471. The first kappa shape index (κ1) is 18.6. The number of halogens is 3. The van der Waals surface area contributed by atoms with Crippen LogP contribution in [0, 0.1) is 0 Å². The van der Waals surface area contributed by atoms with E-state index in [1.54, 1.807) is 54.6 Å². The molecule has 0 aliphatic heterocycles. The van der Waals surface area contributed by atoms with Gasteiger partial charge in [-0.05, 0) is 24.5 Å². The van der Waals surface area contributed by atoms with E-state index in [1.165, 1.54) is 0 Å². The molecule has 8 heteroatoms. The normalized spacial score (nSPS) is 14.4. The lowest BCUT2D eigenvalue weighted by Gasteiger charge is -2.11. The largest absolute Gasteiger partial charge is 0.435 e. The fraction of sp³-hybridized carbons (Fsp3) is 0.227. The van der Waals surface area contributed by atoms with Gasteiger partial charge in [0.1, 0.15) is 6.54 Å². The van der Waals surface area contributed by atoms with Crippen molar-refractivity contribution in [2.75, 3.05) is 0 Å². The van der Waals surface area contributed by atoms with E-state index in [2.05, 4.69) is 15.4 Å². The quantitative estimate of drug-likeness (QED) is 0.537. The molecule has 1 fully saturated rings. The Hall–Kier alpha value is -3.42. The van der Waals surface area contributed by atoms with Gasteiger partial charge in [0, 0.05) is 17.0 Å². The van der Waals surface area contributed by atoms with Crippen molar-refractivity contribution in [2.24, 2.45) is 0 Å². The molecule has 2 heterocycles. The number of hydrogen-bond donors (Lipinski definition) is 1. The number of amides is 1. The van der Waals surface area contributed by atoms with Gasteiger partial charge in [0.15, 0.2) is 11.3 Å². The summed E-state index contributed by atoms with van der Waals surface area (Å²) < 4.78 is 43.0. The van der Waals surface area contributed by atoms with Crippen LogP contribution in [0.1, 0.15) is 18.5 Å². The van der Waals surface area contributed by atoms with E-state index in [0.717, 1.165) is 17.5 Å². The number of aromatic nitrogens is 3. The number of alkyl halides is 3. The topological polar surface area (TPSA) is 59.8 Å². The number of benzene rings is 2. The Bertz CT molecular complexity index is 1260. The third-order valence-corrected chi connectivity index (χ3v) is 5.14. The Morgan fingerprint density at radius 2 is 1.77 bits per heavy atom. The van der Waals surface area contributed by atoms with Crippen LogP contribution in [0.4, 0.5) is 13.2 Å². The van der Waals surface area contributed by atoms with Gasteiger partial charge in [-0.25, -0.2) is 9.67 Å². The zero-order valence-electron chi connectivity index (χ0n) is 15.8. The first-order valence-corrected chi connectivity index (χ1v) is 9.63. The van der Waals surface area contributed by atoms with Crippen LogP contribution >= 0.6 is 0 Å². The monoisotopic (exact) mass is 410 g/mol. The fourth-order valence-electron chi connectivity index (χ4n) is 3.68. The van der Waals surface area contributed by atoms with Crippen molar-refractivity contribution >= 4 is 27.8 Å². The van der Waals surface area contributed by atoms with Crippen LogP contribution in [0.2, 0.25) is 0 Å². The van der Waals surface area contributed by atoms with Crippen LogP contribution in [0.5, 0.6) is 0 Å². The minimum Gasteiger partial charge on any atom is -0.352 e. The van der Waals surface area contributed by atoms with E-state index < -0.39 is 11.9 Å². The number of carbonyl (C=O) groups excluding carboxylic acids is 1. The van der Waals surface area contributed by atoms with Gasteiger partial charge in [-0.15, -0.1) is 0 Å². The molecule has 0 bridgehead atoms. The molecule has 5 rings (SSSR count). The highest BCUT2D eigenvalue weighted by molar-refractivity contribution is 6.10. The van der Waals surface area contributed by atoms with Crippen LogP contribution in [0.25, 0.3) is 33.1 Å². The van der Waals surface area contributed by atoms with Gasteiger partial charge in [-0.2, -0.15) is 18.3 Å². The Labute approximate surface area is 169 Å². The van der Waals surface area contributed by atoms with Crippen LogP contribution < -0.4 is 5.32 Å². The molecule has 5 nitrogen and oxygen atoms in total. The van der Waals surface area contributed by atoms with Crippen molar-refractivity contribution in [1.29, 1.82) is 0 Å². The standard InChI is InChI=1S/C22H17F3N4O/c23-22(24,25)20-19-18(13-6-2-1-3-7-13)15-8-4-5-9-16(15)27-21(19)29(28-20)12-17(30)26-14-10-11-14/h1-9,14H,10-12H2,(H,26,30). The summed E-state index contributed by atoms with van der Waals surface area (Å²) in [5.41, 5.74) is 0.604. The van der Waals surface area contributed by atoms with Gasteiger partial charge in [0.2, 0.25) is 5.91 Å². The van der Waals surface area contributed by atoms with Crippen molar-refractivity contribution in [3.05, 3.63) is 60.3 Å². The molecule has 2 aromatic heterocycles. The molecule has 0 unspecified atom stereocenters. The molecule has 4 aromatic rings. The second kappa shape index (κ2) is 6.83. The van der Waals surface area contributed by atoms with Gasteiger partial charge in [-0.1, -0.05) is 48.5 Å². The molecule has 0 spiro atoms. The fourth-order valence-corrected chi connectivity index (χ4v) is 3.68. The summed E-state index contributed by atoms with van der Waals surface area (Å²) >= 11 is 0. The summed E-state index contributed by atoms with van der Waals surface area (Å²) in [5.74, 6) is -0.369. The van der Waals surface area contributed by atoms with Crippen molar-refractivity contribution in [1.82, 2.24) is 20.1 Å². The van der Waals surface area contributed by atoms with Gasteiger partial charge in [0.25, 0.3) is 0 Å². The van der Waals surface area contributed by atoms with Crippen LogP contribution in [-0.4, -0.2) is 26.7 Å². The highest BCUT2D eigenvalue weighted by atomic mass is 19.4. The molecular weight excluding hydrogens is 393 g/mol. The smallest absolute Gasteiger partial charge is 0.352 e. The highest BCUT2D eigenvalue weighted by Gasteiger charge is 2.39. The van der Waals surface area contributed by atoms with E-state index in [1.807, 2.05) is 0 Å². The SMILES string of the molecule is O=C(Cn1nc(C(F)(F)F)c2c(-c3ccccc3)c3ccccc3nc21)NC1CC1. The van der Waals surface area contributed by atoms with E-state index in [4.69, 9.17) is 0 Å². The maximum Gasteiger partial charge on any atom is 0.435 e. The van der Waals surface area contributed by atoms with Crippen molar-refractivity contribution in [3.63, 3.8) is 0 Å². The number of nitrogens with zero attached hydrogens (tertiary/aromatic N) is 3. The summed E-state index contributed by atoms with van der Waals surface area (Å²) in [7, 11) is 0.